The molecule has 4 aliphatic rings. The second-order valence-corrected chi connectivity index (χ2v) is 16.2. The summed E-state index contributed by atoms with van der Waals surface area (Å²) in [6.07, 6.45) is 10.7. The van der Waals surface area contributed by atoms with Crippen molar-refractivity contribution in [2.75, 3.05) is 32.3 Å². The summed E-state index contributed by atoms with van der Waals surface area (Å²) in [5, 5.41) is 2.88. The fraction of sp³-hybridized carbons (Fsp3) is 0.579. The van der Waals surface area contributed by atoms with Crippen LogP contribution in [0.25, 0.3) is 0 Å². The van der Waals surface area contributed by atoms with Crippen molar-refractivity contribution in [3.05, 3.63) is 70.3 Å². The van der Waals surface area contributed by atoms with Crippen LogP contribution in [-0.4, -0.2) is 56.3 Å². The number of allylic oxidation sites excluding steroid dienone is 1. The first-order valence-corrected chi connectivity index (χ1v) is 19.1. The van der Waals surface area contributed by atoms with E-state index in [-0.39, 0.29) is 29.4 Å². The second kappa shape index (κ2) is 15.5. The van der Waals surface area contributed by atoms with Gasteiger partial charge >= 0.3 is 0 Å². The number of hydrogen-bond donors (Lipinski definition) is 1. The fourth-order valence-electron chi connectivity index (χ4n) is 7.71. The standard InChI is InChI=1S/C38H49ClN3O6S/c1-24-8-7-10-33(46-3)31-15-12-28(31)23-42-22-27-11-14-30(39)18-25(27)9-5-6-17-48-34-16-13-26(19-32(34)42)36(44)41-49(45)37(24)40-35(43)29-20-38(2,21-29)47-4/h7,10-11,13-14,16,18-19,24,28-29,31,33,37H,5-6,8-9,12,15,17,20-23H2,1-4H3,(H,40,43)/q-1/b10-7+/t24-,28-,29?,31+,33-,37?,38?/m0/s1. The Balaban J connectivity index is 1.39. The molecule has 0 saturated heterocycles. The zero-order valence-corrected chi connectivity index (χ0v) is 30.6. The van der Waals surface area contributed by atoms with Gasteiger partial charge in [-0.05, 0) is 123 Å². The van der Waals surface area contributed by atoms with Crippen LogP contribution in [0.5, 0.6) is 5.75 Å². The van der Waals surface area contributed by atoms with Crippen LogP contribution in [-0.2, 0) is 42.0 Å². The molecule has 0 spiro atoms. The Morgan fingerprint density at radius 2 is 1.94 bits per heavy atom. The summed E-state index contributed by atoms with van der Waals surface area (Å²) in [6.45, 7) is 5.84. The van der Waals surface area contributed by atoms with Gasteiger partial charge in [0.1, 0.15) is 5.75 Å². The topological polar surface area (TPSA) is 107 Å². The molecule has 266 valence electrons. The first-order chi connectivity index (χ1) is 23.6. The lowest BCUT2D eigenvalue weighted by Crippen LogP contribution is -2.52. The van der Waals surface area contributed by atoms with Gasteiger partial charge in [-0.25, -0.2) is 0 Å². The first-order valence-electron chi connectivity index (χ1n) is 17.6. The normalized spacial score (nSPS) is 31.7. The van der Waals surface area contributed by atoms with E-state index in [9.17, 15) is 13.8 Å². The fourth-order valence-corrected chi connectivity index (χ4v) is 9.02. The highest BCUT2D eigenvalue weighted by atomic mass is 35.5. The molecular weight excluding hydrogens is 662 g/mol. The van der Waals surface area contributed by atoms with Gasteiger partial charge < -0.3 is 33.0 Å². The Labute approximate surface area is 297 Å². The van der Waals surface area contributed by atoms with Gasteiger partial charge in [-0.1, -0.05) is 36.7 Å². The minimum atomic E-state index is -2.03. The number of aryl methyl sites for hydroxylation is 1. The number of nitrogens with zero attached hydrogens (tertiary/aromatic N) is 2. The van der Waals surface area contributed by atoms with Crippen molar-refractivity contribution < 1.29 is 28.0 Å². The van der Waals surface area contributed by atoms with Crippen molar-refractivity contribution >= 4 is 39.7 Å². The number of carbonyl (C=O) groups excluding carboxylic acids is 2. The van der Waals surface area contributed by atoms with Crippen LogP contribution in [0.4, 0.5) is 5.69 Å². The lowest BCUT2D eigenvalue weighted by atomic mass is 9.70. The van der Waals surface area contributed by atoms with E-state index in [1.807, 2.05) is 32.0 Å². The zero-order valence-electron chi connectivity index (χ0n) is 29.0. The maximum Gasteiger partial charge on any atom is 0.254 e. The van der Waals surface area contributed by atoms with Gasteiger partial charge in [0, 0.05) is 43.8 Å². The van der Waals surface area contributed by atoms with Gasteiger partial charge in [0.05, 0.1) is 24.0 Å². The van der Waals surface area contributed by atoms with Crippen LogP contribution in [0.1, 0.15) is 80.3 Å². The second-order valence-electron chi connectivity index (χ2n) is 14.5. The summed E-state index contributed by atoms with van der Waals surface area (Å²) < 4.78 is 36.0. The van der Waals surface area contributed by atoms with E-state index in [4.69, 9.17) is 25.8 Å². The highest BCUT2D eigenvalue weighted by Crippen LogP contribution is 2.43. The highest BCUT2D eigenvalue weighted by molar-refractivity contribution is 7.75. The number of methoxy groups -OCH3 is 2. The molecule has 2 aliphatic carbocycles. The predicted octanol–water partition coefficient (Wildman–Crippen LogP) is 7.24. The molecule has 2 fully saturated rings. The predicted molar refractivity (Wildman–Crippen MR) is 192 cm³/mol. The van der Waals surface area contributed by atoms with Crippen LogP contribution in [0, 0.1) is 23.7 Å². The van der Waals surface area contributed by atoms with Crippen LogP contribution in [0.2, 0.25) is 5.02 Å². The molecule has 2 heterocycles. The summed E-state index contributed by atoms with van der Waals surface area (Å²) >= 11 is 6.45. The number of rotatable bonds is 4. The number of halogens is 1. The quantitative estimate of drug-likeness (QED) is 0.263. The third-order valence-corrected chi connectivity index (χ3v) is 12.6. The number of ether oxygens (including phenoxy) is 3. The third kappa shape index (κ3) is 8.19. The maximum absolute atomic E-state index is 13.9. The molecule has 2 aromatic carbocycles. The largest absolute Gasteiger partial charge is 0.491 e. The summed E-state index contributed by atoms with van der Waals surface area (Å²) in [6, 6.07) is 11.5. The van der Waals surface area contributed by atoms with E-state index in [2.05, 4.69) is 38.9 Å². The molecular formula is C38H49ClN3O6S-. The molecule has 2 aliphatic heterocycles. The molecule has 0 aromatic heterocycles. The molecule has 49 heavy (non-hydrogen) atoms. The number of amides is 2. The van der Waals surface area contributed by atoms with Crippen molar-refractivity contribution in [2.24, 2.45) is 28.0 Å². The Hall–Kier alpha value is -2.92. The molecule has 0 radical (unpaired) electrons. The molecule has 1 unspecified atom stereocenters. The molecule has 5 atom stereocenters. The Morgan fingerprint density at radius 3 is 2.67 bits per heavy atom. The molecule has 6 rings (SSSR count). The van der Waals surface area contributed by atoms with Gasteiger partial charge in [0.25, 0.3) is 5.91 Å². The number of hydrogen-bond acceptors (Lipinski definition) is 8. The average molecular weight is 711 g/mol. The number of fused-ring (bicyclic) bond motifs is 3. The van der Waals surface area contributed by atoms with Crippen LogP contribution < -0.4 is 15.0 Å². The van der Waals surface area contributed by atoms with Crippen LogP contribution >= 0.6 is 11.6 Å². The third-order valence-electron chi connectivity index (χ3n) is 11.0. The van der Waals surface area contributed by atoms with Crippen molar-refractivity contribution in [2.45, 2.75) is 88.8 Å². The van der Waals surface area contributed by atoms with Gasteiger partial charge in [0.15, 0.2) is 0 Å². The first kappa shape index (κ1) is 35.9. The minimum absolute atomic E-state index is 0.0811. The SMILES string of the molecule is CO[C@H]1/C=C/C[C@H](C)C(NC(=O)C2CC(C)(OC)C2)[S-](=O)=NC(=O)c2ccc3c(c2)N(Cc2ccc(Cl)cc2CCCCO3)C[C@@H]2CC[C@H]21. The Bertz CT molecular complexity index is 1650. The Morgan fingerprint density at radius 1 is 1.12 bits per heavy atom. The maximum atomic E-state index is 13.9. The van der Waals surface area contributed by atoms with Gasteiger partial charge in [0.2, 0.25) is 5.91 Å². The number of benzene rings is 2. The van der Waals surface area contributed by atoms with Crippen molar-refractivity contribution in [1.82, 2.24) is 5.32 Å². The van der Waals surface area contributed by atoms with Crippen LogP contribution in [0.15, 0.2) is 52.9 Å². The monoisotopic (exact) mass is 710 g/mol. The molecule has 11 heteroatoms. The molecule has 2 saturated carbocycles. The van der Waals surface area contributed by atoms with E-state index in [0.717, 1.165) is 49.4 Å². The minimum Gasteiger partial charge on any atom is -0.491 e. The lowest BCUT2D eigenvalue weighted by molar-refractivity contribution is -0.143. The summed E-state index contributed by atoms with van der Waals surface area (Å²) in [5.74, 6) is 0.107. The number of anilines is 1. The van der Waals surface area contributed by atoms with Crippen molar-refractivity contribution in [1.29, 1.82) is 0 Å². The van der Waals surface area contributed by atoms with E-state index in [0.29, 0.717) is 55.6 Å². The van der Waals surface area contributed by atoms with E-state index < -0.39 is 21.9 Å². The van der Waals surface area contributed by atoms with Gasteiger partial charge in [-0.3, -0.25) is 9.59 Å². The summed E-state index contributed by atoms with van der Waals surface area (Å²) in [5.41, 5.74) is 3.21. The number of carbonyl (C=O) groups is 2. The molecule has 2 aromatic rings. The lowest BCUT2D eigenvalue weighted by Gasteiger charge is -2.44. The smallest absolute Gasteiger partial charge is 0.254 e. The molecule has 9 nitrogen and oxygen atoms in total. The van der Waals surface area contributed by atoms with Crippen molar-refractivity contribution in [3.8, 4) is 5.75 Å². The number of nitrogens with one attached hydrogen (secondary N) is 1. The molecule has 2 bridgehead atoms. The highest BCUT2D eigenvalue weighted by Gasteiger charge is 2.44. The van der Waals surface area contributed by atoms with E-state index in [1.54, 1.807) is 20.3 Å². The Kier molecular flexibility index (Phi) is 11.4. The van der Waals surface area contributed by atoms with Gasteiger partial charge in [-0.2, -0.15) is 10.6 Å². The van der Waals surface area contributed by atoms with E-state index in [1.165, 1.54) is 11.1 Å². The average Bonchev–Trinajstić information content (AvgIpc) is 3.09. The van der Waals surface area contributed by atoms with Crippen LogP contribution in [0.3, 0.4) is 0 Å². The van der Waals surface area contributed by atoms with E-state index >= 15 is 0 Å². The van der Waals surface area contributed by atoms with Crippen molar-refractivity contribution in [3.63, 3.8) is 0 Å². The molecule has 2 amide bonds. The van der Waals surface area contributed by atoms with Gasteiger partial charge in [-0.15, -0.1) is 0 Å². The molecule has 1 N–H and O–H groups in total. The summed E-state index contributed by atoms with van der Waals surface area (Å²) in [4.78, 5) is 29.4. The zero-order chi connectivity index (χ0) is 34.7. The summed E-state index contributed by atoms with van der Waals surface area (Å²) in [7, 11) is 1.38.